The number of hydrogen-bond acceptors (Lipinski definition) is 4. The molecule has 0 spiro atoms. The van der Waals surface area contributed by atoms with Gasteiger partial charge < -0.3 is 9.73 Å². The zero-order valence-corrected chi connectivity index (χ0v) is 10.2. The van der Waals surface area contributed by atoms with Gasteiger partial charge in [-0.3, -0.25) is 4.79 Å². The van der Waals surface area contributed by atoms with Crippen LogP contribution in [0.5, 0.6) is 0 Å². The Morgan fingerprint density at radius 3 is 2.82 bits per heavy atom. The van der Waals surface area contributed by atoms with Gasteiger partial charge in [-0.15, -0.1) is 0 Å². The summed E-state index contributed by atoms with van der Waals surface area (Å²) in [7, 11) is -3.44. The lowest BCUT2D eigenvalue weighted by Gasteiger charge is -2.03. The van der Waals surface area contributed by atoms with Crippen molar-refractivity contribution in [3.63, 3.8) is 0 Å². The van der Waals surface area contributed by atoms with Crippen LogP contribution in [0.4, 0.5) is 0 Å². The maximum atomic E-state index is 11.3. The van der Waals surface area contributed by atoms with E-state index >= 15 is 0 Å². The summed E-state index contributed by atoms with van der Waals surface area (Å²) in [6.07, 6.45) is 2.74. The minimum absolute atomic E-state index is 0.120. The van der Waals surface area contributed by atoms with Gasteiger partial charge >= 0.3 is 0 Å². The molecule has 0 fully saturated rings. The molecule has 0 radical (unpaired) electrons. The van der Waals surface area contributed by atoms with Crippen LogP contribution in [-0.2, 0) is 21.2 Å². The summed E-state index contributed by atoms with van der Waals surface area (Å²) < 4.78 is 26.3. The number of furan rings is 1. The summed E-state index contributed by atoms with van der Waals surface area (Å²) in [5.41, 5.74) is 0. The van der Waals surface area contributed by atoms with E-state index in [9.17, 15) is 13.2 Å². The first-order valence-corrected chi connectivity index (χ1v) is 6.98. The van der Waals surface area contributed by atoms with Gasteiger partial charge in [0, 0.05) is 19.4 Å². The Kier molecular flexibility index (Phi) is 5.17. The van der Waals surface area contributed by atoms with Crippen molar-refractivity contribution in [1.82, 2.24) is 5.32 Å². The third-order valence-corrected chi connectivity index (χ3v) is 2.96. The zero-order chi connectivity index (χ0) is 12.7. The first-order chi connectivity index (χ1) is 7.97. The van der Waals surface area contributed by atoms with Crippen molar-refractivity contribution in [3.8, 4) is 0 Å². The topological polar surface area (TPSA) is 102 Å². The Labute approximate surface area is 100 Å². The number of sulfonamides is 1. The number of rotatable bonds is 7. The van der Waals surface area contributed by atoms with Gasteiger partial charge in [0.2, 0.25) is 15.9 Å². The van der Waals surface area contributed by atoms with Crippen LogP contribution in [0.2, 0.25) is 0 Å². The van der Waals surface area contributed by atoms with Gasteiger partial charge in [0.25, 0.3) is 0 Å². The van der Waals surface area contributed by atoms with Crippen LogP contribution in [-0.4, -0.2) is 26.6 Å². The lowest BCUT2D eigenvalue weighted by atomic mass is 10.2. The number of hydrogen-bond donors (Lipinski definition) is 2. The minimum atomic E-state index is -3.44. The van der Waals surface area contributed by atoms with Crippen molar-refractivity contribution in [2.45, 2.75) is 19.3 Å². The SMILES string of the molecule is NS(=O)(=O)CCCNC(=O)CCc1ccco1. The second-order valence-electron chi connectivity index (χ2n) is 3.65. The molecule has 1 amide bonds. The third-order valence-electron chi connectivity index (χ3n) is 2.11. The van der Waals surface area contributed by atoms with Crippen molar-refractivity contribution >= 4 is 15.9 Å². The molecule has 3 N–H and O–H groups in total. The second kappa shape index (κ2) is 6.41. The fraction of sp³-hybridized carbons (Fsp3) is 0.500. The largest absolute Gasteiger partial charge is 0.469 e. The highest BCUT2D eigenvalue weighted by molar-refractivity contribution is 7.89. The lowest BCUT2D eigenvalue weighted by molar-refractivity contribution is -0.121. The highest BCUT2D eigenvalue weighted by Crippen LogP contribution is 2.03. The standard InChI is InChI=1S/C10H16N2O4S/c11-17(14,15)8-2-6-12-10(13)5-4-9-3-1-7-16-9/h1,3,7H,2,4-6,8H2,(H,12,13)(H2,11,14,15). The molecule has 0 aliphatic heterocycles. The second-order valence-corrected chi connectivity index (χ2v) is 5.38. The van der Waals surface area contributed by atoms with Gasteiger partial charge in [0.1, 0.15) is 5.76 Å². The van der Waals surface area contributed by atoms with Crippen LogP contribution in [0.1, 0.15) is 18.6 Å². The fourth-order valence-electron chi connectivity index (χ4n) is 1.28. The third kappa shape index (κ3) is 6.75. The monoisotopic (exact) mass is 260 g/mol. The number of nitrogens with two attached hydrogens (primary N) is 1. The maximum absolute atomic E-state index is 11.3. The van der Waals surface area contributed by atoms with Gasteiger partial charge in [-0.2, -0.15) is 0 Å². The van der Waals surface area contributed by atoms with Crippen molar-refractivity contribution in [3.05, 3.63) is 24.2 Å². The molecule has 0 aliphatic carbocycles. The van der Waals surface area contributed by atoms with Crippen LogP contribution in [0.15, 0.2) is 22.8 Å². The van der Waals surface area contributed by atoms with E-state index in [1.807, 2.05) is 0 Å². The number of aryl methyl sites for hydroxylation is 1. The molecule has 1 aromatic rings. The molecule has 1 aromatic heterocycles. The van der Waals surface area contributed by atoms with Crippen molar-refractivity contribution in [1.29, 1.82) is 0 Å². The van der Waals surface area contributed by atoms with E-state index in [0.29, 0.717) is 25.8 Å². The smallest absolute Gasteiger partial charge is 0.220 e. The number of nitrogens with one attached hydrogen (secondary N) is 1. The maximum Gasteiger partial charge on any atom is 0.220 e. The van der Waals surface area contributed by atoms with E-state index in [1.54, 1.807) is 18.4 Å². The molecule has 17 heavy (non-hydrogen) atoms. The van der Waals surface area contributed by atoms with Crippen LogP contribution < -0.4 is 10.5 Å². The van der Waals surface area contributed by atoms with Crippen molar-refractivity contribution in [2.75, 3.05) is 12.3 Å². The van der Waals surface area contributed by atoms with E-state index in [2.05, 4.69) is 5.32 Å². The first kappa shape index (κ1) is 13.7. The van der Waals surface area contributed by atoms with Gasteiger partial charge in [0.05, 0.1) is 12.0 Å². The number of amides is 1. The molecule has 0 atom stereocenters. The predicted molar refractivity (Wildman–Crippen MR) is 62.6 cm³/mol. The predicted octanol–water partition coefficient (Wildman–Crippen LogP) is 0.00700. The normalized spacial score (nSPS) is 11.4. The Morgan fingerprint density at radius 1 is 1.47 bits per heavy atom. The minimum Gasteiger partial charge on any atom is -0.469 e. The molecule has 0 bridgehead atoms. The van der Waals surface area contributed by atoms with Crippen molar-refractivity contribution in [2.24, 2.45) is 5.14 Å². The molecule has 0 unspecified atom stereocenters. The molecule has 0 saturated heterocycles. The molecule has 6 nitrogen and oxygen atoms in total. The van der Waals surface area contributed by atoms with Crippen LogP contribution in [0.25, 0.3) is 0 Å². The van der Waals surface area contributed by atoms with Gasteiger partial charge in [-0.1, -0.05) is 0 Å². The summed E-state index contributed by atoms with van der Waals surface area (Å²) >= 11 is 0. The fourth-order valence-corrected chi connectivity index (χ4v) is 1.83. The molecule has 1 rings (SSSR count). The number of primary sulfonamides is 1. The van der Waals surface area contributed by atoms with E-state index in [1.165, 1.54) is 0 Å². The average Bonchev–Trinajstić information content (AvgIpc) is 2.73. The van der Waals surface area contributed by atoms with E-state index in [-0.39, 0.29) is 11.7 Å². The highest BCUT2D eigenvalue weighted by Gasteiger charge is 2.05. The summed E-state index contributed by atoms with van der Waals surface area (Å²) in [5.74, 6) is 0.506. The van der Waals surface area contributed by atoms with E-state index in [0.717, 1.165) is 5.76 Å². The van der Waals surface area contributed by atoms with Gasteiger partial charge in [-0.25, -0.2) is 13.6 Å². The molecule has 0 saturated carbocycles. The molecule has 7 heteroatoms. The van der Waals surface area contributed by atoms with E-state index < -0.39 is 10.0 Å². The van der Waals surface area contributed by atoms with Crippen LogP contribution >= 0.6 is 0 Å². The quantitative estimate of drug-likeness (QED) is 0.674. The number of carbonyl (C=O) groups is 1. The average molecular weight is 260 g/mol. The summed E-state index contributed by atoms with van der Waals surface area (Å²) in [6, 6.07) is 3.56. The highest BCUT2D eigenvalue weighted by atomic mass is 32.2. The van der Waals surface area contributed by atoms with E-state index in [4.69, 9.17) is 9.56 Å². The molecular formula is C10H16N2O4S. The van der Waals surface area contributed by atoms with Gasteiger partial charge in [-0.05, 0) is 18.6 Å². The lowest BCUT2D eigenvalue weighted by Crippen LogP contribution is -2.27. The summed E-state index contributed by atoms with van der Waals surface area (Å²) in [6.45, 7) is 0.313. The molecule has 0 aliphatic rings. The Balaban J connectivity index is 2.09. The Hall–Kier alpha value is -1.34. The number of carbonyl (C=O) groups excluding carboxylic acids is 1. The Morgan fingerprint density at radius 2 is 2.24 bits per heavy atom. The van der Waals surface area contributed by atoms with Crippen molar-refractivity contribution < 1.29 is 17.6 Å². The van der Waals surface area contributed by atoms with Crippen LogP contribution in [0, 0.1) is 0 Å². The molecule has 0 aromatic carbocycles. The molecule has 1 heterocycles. The van der Waals surface area contributed by atoms with Crippen LogP contribution in [0.3, 0.4) is 0 Å². The summed E-state index contributed by atoms with van der Waals surface area (Å²) in [4.78, 5) is 11.3. The zero-order valence-electron chi connectivity index (χ0n) is 9.39. The molecular weight excluding hydrogens is 244 g/mol. The summed E-state index contributed by atoms with van der Waals surface area (Å²) in [5, 5.41) is 7.44. The molecule has 96 valence electrons. The Bertz CT molecular complexity index is 439. The first-order valence-electron chi connectivity index (χ1n) is 5.27. The van der Waals surface area contributed by atoms with Gasteiger partial charge in [0.15, 0.2) is 0 Å².